The van der Waals surface area contributed by atoms with Crippen molar-refractivity contribution in [2.24, 2.45) is 0 Å². The molecule has 0 radical (unpaired) electrons. The summed E-state index contributed by atoms with van der Waals surface area (Å²) >= 11 is 6.05. The van der Waals surface area contributed by atoms with Crippen LogP contribution in [-0.4, -0.2) is 23.0 Å². The van der Waals surface area contributed by atoms with Crippen molar-refractivity contribution >= 4 is 11.6 Å². The third kappa shape index (κ3) is 2.46. The van der Waals surface area contributed by atoms with Crippen molar-refractivity contribution in [1.82, 2.24) is 9.88 Å². The van der Waals surface area contributed by atoms with Crippen LogP contribution < -0.4 is 0 Å². The van der Waals surface area contributed by atoms with Crippen LogP contribution in [0.25, 0.3) is 0 Å². The van der Waals surface area contributed by atoms with Crippen LogP contribution in [0.1, 0.15) is 24.8 Å². The molecule has 0 bridgehead atoms. The Hall–Kier alpha value is -0.600. The molecule has 0 aliphatic carbocycles. The van der Waals surface area contributed by atoms with Gasteiger partial charge in [-0.1, -0.05) is 18.0 Å². The molecule has 14 heavy (non-hydrogen) atoms. The minimum Gasteiger partial charge on any atom is -0.299 e. The lowest BCUT2D eigenvalue weighted by Crippen LogP contribution is -2.29. The fourth-order valence-electron chi connectivity index (χ4n) is 1.89. The van der Waals surface area contributed by atoms with Gasteiger partial charge in [-0.25, -0.2) is 0 Å². The van der Waals surface area contributed by atoms with Gasteiger partial charge in [0.2, 0.25) is 0 Å². The first-order valence-corrected chi connectivity index (χ1v) is 5.55. The molecular weight excluding hydrogens is 196 g/mol. The van der Waals surface area contributed by atoms with E-state index in [1.54, 1.807) is 6.20 Å². The van der Waals surface area contributed by atoms with Crippen LogP contribution in [0.2, 0.25) is 5.02 Å². The Morgan fingerprint density at radius 1 is 1.29 bits per heavy atom. The van der Waals surface area contributed by atoms with Crippen molar-refractivity contribution in [2.75, 3.05) is 13.1 Å². The summed E-state index contributed by atoms with van der Waals surface area (Å²) in [6, 6.07) is 2.01. The molecule has 1 aliphatic rings. The second kappa shape index (κ2) is 4.76. The minimum absolute atomic E-state index is 0.790. The van der Waals surface area contributed by atoms with Gasteiger partial charge < -0.3 is 0 Å². The molecule has 0 amide bonds. The van der Waals surface area contributed by atoms with Crippen molar-refractivity contribution in [3.05, 3.63) is 29.0 Å². The summed E-state index contributed by atoms with van der Waals surface area (Å²) in [7, 11) is 0. The second-order valence-corrected chi connectivity index (χ2v) is 4.21. The molecule has 1 saturated heterocycles. The smallest absolute Gasteiger partial charge is 0.0634 e. The van der Waals surface area contributed by atoms with Gasteiger partial charge in [-0.2, -0.15) is 0 Å². The molecule has 3 heteroatoms. The Balaban J connectivity index is 1.99. The number of rotatable bonds is 2. The zero-order valence-corrected chi connectivity index (χ0v) is 9.00. The molecular formula is C11H15ClN2. The molecule has 2 rings (SSSR count). The maximum atomic E-state index is 6.05. The van der Waals surface area contributed by atoms with Crippen LogP contribution in [0, 0.1) is 0 Å². The average Bonchev–Trinajstić information content (AvgIpc) is 2.23. The van der Waals surface area contributed by atoms with Crippen molar-refractivity contribution in [3.8, 4) is 0 Å². The lowest BCUT2D eigenvalue weighted by Gasteiger charge is -2.26. The molecule has 0 unspecified atom stereocenters. The summed E-state index contributed by atoms with van der Waals surface area (Å²) in [5, 5.41) is 0.790. The van der Waals surface area contributed by atoms with E-state index in [1.165, 1.54) is 37.9 Å². The van der Waals surface area contributed by atoms with Crippen LogP contribution in [0.3, 0.4) is 0 Å². The van der Waals surface area contributed by atoms with E-state index in [0.717, 1.165) is 11.6 Å². The minimum atomic E-state index is 0.790. The van der Waals surface area contributed by atoms with E-state index in [9.17, 15) is 0 Å². The molecule has 0 spiro atoms. The maximum Gasteiger partial charge on any atom is 0.0634 e. The summed E-state index contributed by atoms with van der Waals surface area (Å²) < 4.78 is 0. The van der Waals surface area contributed by atoms with Gasteiger partial charge in [-0.15, -0.1) is 0 Å². The van der Waals surface area contributed by atoms with Gasteiger partial charge in [0.25, 0.3) is 0 Å². The fourth-order valence-corrected chi connectivity index (χ4v) is 2.07. The van der Waals surface area contributed by atoms with Gasteiger partial charge in [0.1, 0.15) is 0 Å². The molecule has 0 atom stereocenters. The Morgan fingerprint density at radius 2 is 2.07 bits per heavy atom. The number of hydrogen-bond donors (Lipinski definition) is 0. The second-order valence-electron chi connectivity index (χ2n) is 3.80. The molecule has 2 nitrogen and oxygen atoms in total. The third-order valence-corrected chi connectivity index (χ3v) is 3.04. The predicted molar refractivity (Wildman–Crippen MR) is 58.4 cm³/mol. The number of likely N-dealkylation sites (tertiary alicyclic amines) is 1. The summed E-state index contributed by atoms with van der Waals surface area (Å²) in [5.41, 5.74) is 1.20. The zero-order valence-electron chi connectivity index (χ0n) is 8.25. The van der Waals surface area contributed by atoms with Gasteiger partial charge >= 0.3 is 0 Å². The molecule has 1 fully saturated rings. The van der Waals surface area contributed by atoms with Crippen molar-refractivity contribution in [3.63, 3.8) is 0 Å². The number of halogens is 1. The Kier molecular flexibility index (Phi) is 3.38. The summed E-state index contributed by atoms with van der Waals surface area (Å²) in [4.78, 5) is 6.45. The highest BCUT2D eigenvalue weighted by molar-refractivity contribution is 6.31. The van der Waals surface area contributed by atoms with Gasteiger partial charge in [-0.05, 0) is 37.6 Å². The van der Waals surface area contributed by atoms with Crippen LogP contribution >= 0.6 is 11.6 Å². The zero-order chi connectivity index (χ0) is 9.80. The summed E-state index contributed by atoms with van der Waals surface area (Å²) in [5.74, 6) is 0. The van der Waals surface area contributed by atoms with Crippen LogP contribution in [0.4, 0.5) is 0 Å². The fraction of sp³-hybridized carbons (Fsp3) is 0.545. The summed E-state index contributed by atoms with van der Waals surface area (Å²) in [6.45, 7) is 3.39. The molecule has 1 aromatic heterocycles. The first-order chi connectivity index (χ1) is 6.86. The maximum absolute atomic E-state index is 6.05. The monoisotopic (exact) mass is 210 g/mol. The van der Waals surface area contributed by atoms with Crippen LogP contribution in [0.5, 0.6) is 0 Å². The lowest BCUT2D eigenvalue weighted by atomic mass is 10.1. The van der Waals surface area contributed by atoms with Gasteiger partial charge in [0, 0.05) is 18.9 Å². The number of aromatic nitrogens is 1. The van der Waals surface area contributed by atoms with E-state index in [-0.39, 0.29) is 0 Å². The standard InChI is InChI=1S/C11H15ClN2/c12-11-8-13-5-4-10(11)9-14-6-2-1-3-7-14/h4-5,8H,1-3,6-7,9H2. The highest BCUT2D eigenvalue weighted by Gasteiger charge is 2.11. The van der Waals surface area contributed by atoms with E-state index in [4.69, 9.17) is 11.6 Å². The number of piperidine rings is 1. The number of hydrogen-bond acceptors (Lipinski definition) is 2. The van der Waals surface area contributed by atoms with Gasteiger partial charge in [-0.3, -0.25) is 9.88 Å². The molecule has 0 N–H and O–H groups in total. The molecule has 1 aliphatic heterocycles. The first kappa shape index (κ1) is 9.94. The van der Waals surface area contributed by atoms with Crippen LogP contribution in [0.15, 0.2) is 18.5 Å². The average molecular weight is 211 g/mol. The van der Waals surface area contributed by atoms with E-state index in [1.807, 2.05) is 12.3 Å². The van der Waals surface area contributed by atoms with E-state index < -0.39 is 0 Å². The quantitative estimate of drug-likeness (QED) is 0.746. The van der Waals surface area contributed by atoms with Gasteiger partial charge in [0.15, 0.2) is 0 Å². The topological polar surface area (TPSA) is 16.1 Å². The predicted octanol–water partition coefficient (Wildman–Crippen LogP) is 2.72. The molecule has 76 valence electrons. The van der Waals surface area contributed by atoms with E-state index >= 15 is 0 Å². The van der Waals surface area contributed by atoms with Crippen LogP contribution in [-0.2, 0) is 6.54 Å². The lowest BCUT2D eigenvalue weighted by molar-refractivity contribution is 0.221. The van der Waals surface area contributed by atoms with Crippen molar-refractivity contribution in [2.45, 2.75) is 25.8 Å². The summed E-state index contributed by atoms with van der Waals surface area (Å²) in [6.07, 6.45) is 7.55. The molecule has 2 heterocycles. The molecule has 0 saturated carbocycles. The van der Waals surface area contributed by atoms with Crippen molar-refractivity contribution in [1.29, 1.82) is 0 Å². The van der Waals surface area contributed by atoms with E-state index in [0.29, 0.717) is 0 Å². The van der Waals surface area contributed by atoms with Crippen molar-refractivity contribution < 1.29 is 0 Å². The van der Waals surface area contributed by atoms with Gasteiger partial charge in [0.05, 0.1) is 5.02 Å². The largest absolute Gasteiger partial charge is 0.299 e. The molecule has 0 aromatic carbocycles. The Labute approximate surface area is 89.9 Å². The number of pyridine rings is 1. The molecule has 1 aromatic rings. The third-order valence-electron chi connectivity index (χ3n) is 2.70. The normalized spacial score (nSPS) is 18.4. The number of nitrogens with zero attached hydrogens (tertiary/aromatic N) is 2. The Bertz CT molecular complexity index is 295. The first-order valence-electron chi connectivity index (χ1n) is 5.17. The highest BCUT2D eigenvalue weighted by Crippen LogP contribution is 2.18. The highest BCUT2D eigenvalue weighted by atomic mass is 35.5. The Morgan fingerprint density at radius 3 is 2.79 bits per heavy atom. The van der Waals surface area contributed by atoms with E-state index in [2.05, 4.69) is 9.88 Å². The SMILES string of the molecule is Clc1cnccc1CN1CCCCC1.